The maximum Gasteiger partial charge on any atom is 0.295 e. The Hall–Kier alpha value is -2.62. The van der Waals surface area contributed by atoms with Gasteiger partial charge in [-0.2, -0.15) is 0 Å². The maximum atomic E-state index is 13.0. The van der Waals surface area contributed by atoms with Gasteiger partial charge < -0.3 is 14.7 Å². The smallest absolute Gasteiger partial charge is 0.295 e. The summed E-state index contributed by atoms with van der Waals surface area (Å²) in [5, 5.41) is 13.0. The second-order valence-corrected chi connectivity index (χ2v) is 8.36. The molecule has 0 aliphatic carbocycles. The van der Waals surface area contributed by atoms with Gasteiger partial charge in [-0.1, -0.05) is 6.07 Å². The summed E-state index contributed by atoms with van der Waals surface area (Å²) in [4.78, 5) is 39.0. The fourth-order valence-corrected chi connectivity index (χ4v) is 4.73. The number of carbonyl (C=O) groups is 2. The molecule has 0 saturated carbocycles. The minimum Gasteiger partial charge on any atom is -0.507 e. The Balaban J connectivity index is 1.71. The molecule has 2 fully saturated rings. The second kappa shape index (κ2) is 8.63. The number of Topliss-reactive ketones (excluding diaryl/α,β-unsaturated/α-hetero) is 1. The van der Waals surface area contributed by atoms with Crippen molar-refractivity contribution in [3.63, 3.8) is 0 Å². The third-order valence-electron chi connectivity index (χ3n) is 5.47. The summed E-state index contributed by atoms with van der Waals surface area (Å²) in [6.07, 6.45) is 1.50. The number of aryl methyl sites for hydroxylation is 2. The number of hydrogen-bond acceptors (Lipinski definition) is 8. The summed E-state index contributed by atoms with van der Waals surface area (Å²) < 4.78 is 5.38. The first-order chi connectivity index (χ1) is 14.5. The highest BCUT2D eigenvalue weighted by atomic mass is 32.1. The zero-order valence-corrected chi connectivity index (χ0v) is 17.8. The zero-order valence-electron chi connectivity index (χ0n) is 17.0. The van der Waals surface area contributed by atoms with E-state index in [2.05, 4.69) is 14.9 Å². The number of thiophene rings is 1. The SMILES string of the molecule is Cc1ncc(/C(O)=C2\C(=O)C(=O)N(CCN3CCOCC3)[C@@H]2c2cccs2)c(C)n1. The van der Waals surface area contributed by atoms with E-state index >= 15 is 0 Å². The van der Waals surface area contributed by atoms with Crippen LogP contribution in [-0.4, -0.2) is 76.0 Å². The van der Waals surface area contributed by atoms with E-state index in [0.717, 1.165) is 18.0 Å². The Labute approximate surface area is 178 Å². The largest absolute Gasteiger partial charge is 0.507 e. The normalized spacial score (nSPS) is 22.1. The third kappa shape index (κ3) is 3.88. The first-order valence-corrected chi connectivity index (χ1v) is 10.8. The Morgan fingerprint density at radius 1 is 1.27 bits per heavy atom. The van der Waals surface area contributed by atoms with E-state index in [-0.39, 0.29) is 11.3 Å². The molecule has 0 unspecified atom stereocenters. The van der Waals surface area contributed by atoms with Gasteiger partial charge in [-0.25, -0.2) is 9.97 Å². The van der Waals surface area contributed by atoms with Crippen LogP contribution in [0.15, 0.2) is 29.3 Å². The van der Waals surface area contributed by atoms with E-state index in [1.54, 1.807) is 18.7 Å². The number of rotatable bonds is 5. The highest BCUT2D eigenvalue weighted by Crippen LogP contribution is 2.41. The summed E-state index contributed by atoms with van der Waals surface area (Å²) >= 11 is 1.46. The molecule has 1 atom stereocenters. The topological polar surface area (TPSA) is 95.9 Å². The highest BCUT2D eigenvalue weighted by Gasteiger charge is 2.46. The summed E-state index contributed by atoms with van der Waals surface area (Å²) in [5.74, 6) is -0.912. The number of hydrogen-bond donors (Lipinski definition) is 1. The number of likely N-dealkylation sites (tertiary alicyclic amines) is 1. The Bertz CT molecular complexity index is 983. The molecule has 2 aromatic heterocycles. The Morgan fingerprint density at radius 2 is 2.03 bits per heavy atom. The first-order valence-electron chi connectivity index (χ1n) is 9.90. The lowest BCUT2D eigenvalue weighted by atomic mass is 10.00. The molecule has 158 valence electrons. The number of aliphatic hydroxyl groups excluding tert-OH is 1. The van der Waals surface area contributed by atoms with Crippen molar-refractivity contribution in [2.75, 3.05) is 39.4 Å². The van der Waals surface area contributed by atoms with E-state index < -0.39 is 17.7 Å². The molecular weight excluding hydrogens is 404 g/mol. The molecule has 2 aliphatic heterocycles. The molecule has 9 heteroatoms. The van der Waals surface area contributed by atoms with Crippen LogP contribution in [0.4, 0.5) is 0 Å². The quantitative estimate of drug-likeness (QED) is 0.441. The van der Waals surface area contributed by atoms with Gasteiger partial charge in [0.2, 0.25) is 0 Å². The van der Waals surface area contributed by atoms with Crippen molar-refractivity contribution < 1.29 is 19.4 Å². The number of aliphatic hydroxyl groups is 1. The molecule has 30 heavy (non-hydrogen) atoms. The fourth-order valence-electron chi connectivity index (χ4n) is 3.89. The average Bonchev–Trinajstić information content (AvgIpc) is 3.34. The Kier molecular flexibility index (Phi) is 5.94. The zero-order chi connectivity index (χ0) is 21.3. The second-order valence-electron chi connectivity index (χ2n) is 7.38. The molecular formula is C21H24N4O4S. The minimum absolute atomic E-state index is 0.0972. The van der Waals surface area contributed by atoms with Gasteiger partial charge in [0.05, 0.1) is 36.1 Å². The summed E-state index contributed by atoms with van der Waals surface area (Å²) in [6.45, 7) is 7.48. The molecule has 0 bridgehead atoms. The van der Waals surface area contributed by atoms with Crippen molar-refractivity contribution in [2.24, 2.45) is 0 Å². The molecule has 4 rings (SSSR count). The van der Waals surface area contributed by atoms with Crippen LogP contribution in [0, 0.1) is 13.8 Å². The molecule has 8 nitrogen and oxygen atoms in total. The van der Waals surface area contributed by atoms with Gasteiger partial charge >= 0.3 is 0 Å². The lowest BCUT2D eigenvalue weighted by Gasteiger charge is -2.30. The number of nitrogens with zero attached hydrogens (tertiary/aromatic N) is 4. The van der Waals surface area contributed by atoms with Crippen LogP contribution in [0.25, 0.3) is 5.76 Å². The molecule has 0 radical (unpaired) electrons. The first kappa shape index (κ1) is 20.6. The van der Waals surface area contributed by atoms with Gasteiger partial charge in [0.15, 0.2) is 0 Å². The van der Waals surface area contributed by atoms with Crippen LogP contribution in [-0.2, 0) is 14.3 Å². The maximum absolute atomic E-state index is 13.0. The van der Waals surface area contributed by atoms with E-state index in [0.29, 0.717) is 43.4 Å². The van der Waals surface area contributed by atoms with Crippen LogP contribution >= 0.6 is 11.3 Å². The standard InChI is InChI=1S/C21H24N4O4S/c1-13-15(12-22-14(2)23-13)19(26)17-18(16-4-3-11-30-16)25(21(28)20(17)27)6-5-24-7-9-29-10-8-24/h3-4,11-12,18,26H,5-10H2,1-2H3/b19-17+/t18-/m1/s1. The molecule has 0 aromatic carbocycles. The molecule has 2 aliphatic rings. The van der Waals surface area contributed by atoms with Crippen LogP contribution in [0.1, 0.15) is 28.0 Å². The van der Waals surface area contributed by atoms with Crippen molar-refractivity contribution >= 4 is 28.8 Å². The number of ketones is 1. The number of carbonyl (C=O) groups excluding carboxylic acids is 2. The third-order valence-corrected chi connectivity index (χ3v) is 6.39. The predicted molar refractivity (Wildman–Crippen MR) is 112 cm³/mol. The number of morpholine rings is 1. The highest BCUT2D eigenvalue weighted by molar-refractivity contribution is 7.10. The van der Waals surface area contributed by atoms with Crippen LogP contribution in [0.5, 0.6) is 0 Å². The molecule has 0 spiro atoms. The molecule has 1 amide bonds. The Morgan fingerprint density at radius 3 is 2.70 bits per heavy atom. The van der Waals surface area contributed by atoms with Gasteiger partial charge in [-0.05, 0) is 25.3 Å². The van der Waals surface area contributed by atoms with E-state index in [1.807, 2.05) is 17.5 Å². The fraction of sp³-hybridized carbons (Fsp3) is 0.429. The van der Waals surface area contributed by atoms with Gasteiger partial charge in [-0.3, -0.25) is 14.5 Å². The summed E-state index contributed by atoms with van der Waals surface area (Å²) in [6, 6.07) is 3.14. The van der Waals surface area contributed by atoms with E-state index in [4.69, 9.17) is 4.74 Å². The van der Waals surface area contributed by atoms with Gasteiger partial charge in [0.25, 0.3) is 11.7 Å². The molecule has 2 aromatic rings. The predicted octanol–water partition coefficient (Wildman–Crippen LogP) is 1.91. The van der Waals surface area contributed by atoms with Crippen LogP contribution in [0.3, 0.4) is 0 Å². The molecule has 4 heterocycles. The van der Waals surface area contributed by atoms with Gasteiger partial charge in [-0.15, -0.1) is 11.3 Å². The van der Waals surface area contributed by atoms with Crippen molar-refractivity contribution in [1.82, 2.24) is 19.8 Å². The minimum atomic E-state index is -0.673. The van der Waals surface area contributed by atoms with E-state index in [1.165, 1.54) is 17.5 Å². The lowest BCUT2D eigenvalue weighted by Crippen LogP contribution is -2.42. The number of amides is 1. The number of aromatic nitrogens is 2. The van der Waals surface area contributed by atoms with Crippen LogP contribution in [0.2, 0.25) is 0 Å². The molecule has 2 saturated heterocycles. The number of ether oxygens (including phenoxy) is 1. The van der Waals surface area contributed by atoms with E-state index in [9.17, 15) is 14.7 Å². The van der Waals surface area contributed by atoms with Crippen molar-refractivity contribution in [3.8, 4) is 0 Å². The van der Waals surface area contributed by atoms with Crippen LogP contribution < -0.4 is 0 Å². The van der Waals surface area contributed by atoms with Gasteiger partial charge in [0.1, 0.15) is 11.6 Å². The van der Waals surface area contributed by atoms with Crippen molar-refractivity contribution in [3.05, 3.63) is 51.2 Å². The molecule has 1 N–H and O–H groups in total. The van der Waals surface area contributed by atoms with Crippen molar-refractivity contribution in [1.29, 1.82) is 0 Å². The summed E-state index contributed by atoms with van der Waals surface area (Å²) in [7, 11) is 0. The monoisotopic (exact) mass is 428 g/mol. The van der Waals surface area contributed by atoms with Crippen molar-refractivity contribution in [2.45, 2.75) is 19.9 Å². The van der Waals surface area contributed by atoms with Gasteiger partial charge in [0, 0.05) is 37.3 Å². The average molecular weight is 429 g/mol. The lowest BCUT2D eigenvalue weighted by molar-refractivity contribution is -0.140. The summed E-state index contributed by atoms with van der Waals surface area (Å²) in [5.41, 5.74) is 1.03.